The Balaban J connectivity index is 1.85. The Kier molecular flexibility index (Phi) is 7.40. The lowest BCUT2D eigenvalue weighted by molar-refractivity contribution is -0.384. The van der Waals surface area contributed by atoms with Crippen molar-refractivity contribution in [3.8, 4) is 17.2 Å². The summed E-state index contributed by atoms with van der Waals surface area (Å²) >= 11 is 0. The topological polar surface area (TPSA) is 103 Å². The van der Waals surface area contributed by atoms with Gasteiger partial charge in [-0.1, -0.05) is 6.92 Å². The van der Waals surface area contributed by atoms with Gasteiger partial charge in [-0.25, -0.2) is 0 Å². The summed E-state index contributed by atoms with van der Waals surface area (Å²) in [4.78, 5) is 26.0. The molecule has 1 aliphatic rings. The van der Waals surface area contributed by atoms with Gasteiger partial charge in [-0.3, -0.25) is 14.9 Å². The molecule has 0 aromatic heterocycles. The Morgan fingerprint density at radius 1 is 1.09 bits per heavy atom. The summed E-state index contributed by atoms with van der Waals surface area (Å²) in [6.07, 6.45) is 2.03. The van der Waals surface area contributed by atoms with E-state index in [0.717, 1.165) is 31.5 Å². The molecule has 1 N–H and O–H groups in total. The molecular weight excluding hydrogens is 414 g/mol. The fourth-order valence-electron chi connectivity index (χ4n) is 3.86. The van der Waals surface area contributed by atoms with Crippen LogP contribution in [0.4, 0.5) is 11.4 Å². The maximum atomic E-state index is 13.1. The van der Waals surface area contributed by atoms with E-state index in [2.05, 4.69) is 17.1 Å². The molecule has 1 amide bonds. The van der Waals surface area contributed by atoms with Crippen molar-refractivity contribution in [2.75, 3.05) is 39.3 Å². The first-order valence-electron chi connectivity index (χ1n) is 10.5. The molecule has 1 aliphatic heterocycles. The van der Waals surface area contributed by atoms with Crippen LogP contribution in [0.1, 0.15) is 35.7 Å². The van der Waals surface area contributed by atoms with E-state index in [-0.39, 0.29) is 18.1 Å². The number of non-ortho nitro benzene ring substituents is 1. The van der Waals surface area contributed by atoms with Crippen molar-refractivity contribution in [3.63, 3.8) is 0 Å². The number of ether oxygens (including phenoxy) is 3. The fourth-order valence-corrected chi connectivity index (χ4v) is 3.86. The molecular formula is C23H29N3O6. The Morgan fingerprint density at radius 3 is 2.25 bits per heavy atom. The highest BCUT2D eigenvalue weighted by Crippen LogP contribution is 2.38. The Labute approximate surface area is 187 Å². The van der Waals surface area contributed by atoms with E-state index in [1.165, 1.54) is 33.5 Å². The van der Waals surface area contributed by atoms with Crippen molar-refractivity contribution in [1.82, 2.24) is 5.32 Å². The summed E-state index contributed by atoms with van der Waals surface area (Å²) in [5, 5.41) is 14.2. The highest BCUT2D eigenvalue weighted by atomic mass is 16.6. The number of methoxy groups -OCH3 is 3. The summed E-state index contributed by atoms with van der Waals surface area (Å²) in [6.45, 7) is 4.02. The second-order valence-corrected chi connectivity index (χ2v) is 7.84. The molecule has 1 saturated heterocycles. The van der Waals surface area contributed by atoms with Gasteiger partial charge in [0.15, 0.2) is 11.5 Å². The first kappa shape index (κ1) is 23.2. The van der Waals surface area contributed by atoms with Crippen molar-refractivity contribution in [2.24, 2.45) is 5.92 Å². The van der Waals surface area contributed by atoms with Gasteiger partial charge in [0.2, 0.25) is 5.75 Å². The van der Waals surface area contributed by atoms with Gasteiger partial charge in [0.1, 0.15) is 0 Å². The smallest absolute Gasteiger partial charge is 0.270 e. The molecule has 0 atom stereocenters. The summed E-state index contributed by atoms with van der Waals surface area (Å²) in [5.41, 5.74) is 1.63. The third-order valence-electron chi connectivity index (χ3n) is 5.74. The van der Waals surface area contributed by atoms with Crippen LogP contribution in [-0.2, 0) is 6.54 Å². The minimum atomic E-state index is -0.488. The van der Waals surface area contributed by atoms with E-state index in [1.54, 1.807) is 18.2 Å². The molecule has 0 aliphatic carbocycles. The van der Waals surface area contributed by atoms with Crippen LogP contribution in [0, 0.1) is 16.0 Å². The number of nitro benzene ring substituents is 1. The first-order valence-corrected chi connectivity index (χ1v) is 10.5. The maximum Gasteiger partial charge on any atom is 0.270 e. The van der Waals surface area contributed by atoms with Crippen molar-refractivity contribution in [2.45, 2.75) is 26.3 Å². The predicted octanol–water partition coefficient (Wildman–Crippen LogP) is 3.79. The second-order valence-electron chi connectivity index (χ2n) is 7.84. The second kappa shape index (κ2) is 10.2. The lowest BCUT2D eigenvalue weighted by atomic mass is 9.98. The third-order valence-corrected chi connectivity index (χ3v) is 5.74. The number of piperidine rings is 1. The summed E-state index contributed by atoms with van der Waals surface area (Å²) in [5.74, 6) is 1.67. The van der Waals surface area contributed by atoms with E-state index in [9.17, 15) is 14.9 Å². The molecule has 1 heterocycles. The van der Waals surface area contributed by atoms with Crippen LogP contribution in [0.5, 0.6) is 17.2 Å². The largest absolute Gasteiger partial charge is 0.493 e. The summed E-state index contributed by atoms with van der Waals surface area (Å²) in [7, 11) is 4.57. The van der Waals surface area contributed by atoms with Gasteiger partial charge in [-0.2, -0.15) is 0 Å². The van der Waals surface area contributed by atoms with Crippen molar-refractivity contribution in [3.05, 3.63) is 51.6 Å². The van der Waals surface area contributed by atoms with Gasteiger partial charge < -0.3 is 24.4 Å². The maximum absolute atomic E-state index is 13.1. The number of amides is 1. The average Bonchev–Trinajstić information content (AvgIpc) is 2.81. The van der Waals surface area contributed by atoms with E-state index < -0.39 is 4.92 Å². The molecule has 0 unspecified atom stereocenters. The van der Waals surface area contributed by atoms with Crippen molar-refractivity contribution >= 4 is 17.3 Å². The number of nitrogens with one attached hydrogen (secondary N) is 1. The lowest BCUT2D eigenvalue weighted by Crippen LogP contribution is -2.35. The number of nitrogens with zero attached hydrogens (tertiary/aromatic N) is 2. The van der Waals surface area contributed by atoms with Gasteiger partial charge in [0.25, 0.3) is 11.6 Å². The van der Waals surface area contributed by atoms with Crippen LogP contribution < -0.4 is 24.4 Å². The minimum absolute atomic E-state index is 0.114. The lowest BCUT2D eigenvalue weighted by Gasteiger charge is -2.33. The number of anilines is 1. The molecule has 0 saturated carbocycles. The van der Waals surface area contributed by atoms with Gasteiger partial charge in [0.05, 0.1) is 37.5 Å². The monoisotopic (exact) mass is 443 g/mol. The molecule has 172 valence electrons. The highest BCUT2D eigenvalue weighted by molar-refractivity contribution is 6.00. The fraction of sp³-hybridized carbons (Fsp3) is 0.435. The number of benzene rings is 2. The molecule has 32 heavy (non-hydrogen) atoms. The number of nitro groups is 1. The van der Waals surface area contributed by atoms with Crippen molar-refractivity contribution < 1.29 is 23.9 Å². The highest BCUT2D eigenvalue weighted by Gasteiger charge is 2.24. The zero-order chi connectivity index (χ0) is 23.3. The van der Waals surface area contributed by atoms with E-state index >= 15 is 0 Å². The molecule has 1 fully saturated rings. The quantitative estimate of drug-likeness (QED) is 0.489. The van der Waals surface area contributed by atoms with Crippen LogP contribution in [0.3, 0.4) is 0 Å². The third kappa shape index (κ3) is 5.04. The Hall–Kier alpha value is -3.49. The van der Waals surface area contributed by atoms with Crippen LogP contribution in [-0.4, -0.2) is 45.2 Å². The van der Waals surface area contributed by atoms with Crippen LogP contribution in [0.2, 0.25) is 0 Å². The molecule has 9 nitrogen and oxygen atoms in total. The minimum Gasteiger partial charge on any atom is -0.493 e. The standard InChI is InChI=1S/C23H29N3O6/c1-15-7-9-25(10-8-15)19-6-5-17(26(28)29)13-18(19)23(27)24-14-16-11-20(30-2)22(32-4)21(12-16)31-3/h5-6,11-13,15H,7-10,14H2,1-4H3,(H,24,27). The zero-order valence-electron chi connectivity index (χ0n) is 18.8. The normalized spacial score (nSPS) is 14.1. The molecule has 0 bridgehead atoms. The Morgan fingerprint density at radius 2 is 1.72 bits per heavy atom. The van der Waals surface area contributed by atoms with Gasteiger partial charge in [-0.05, 0) is 42.5 Å². The molecule has 2 aromatic carbocycles. The summed E-state index contributed by atoms with van der Waals surface area (Å²) in [6, 6.07) is 7.97. The Bertz CT molecular complexity index is 961. The van der Waals surface area contributed by atoms with Gasteiger partial charge in [-0.15, -0.1) is 0 Å². The van der Waals surface area contributed by atoms with E-state index in [0.29, 0.717) is 34.4 Å². The number of hydrogen-bond donors (Lipinski definition) is 1. The summed E-state index contributed by atoms with van der Waals surface area (Å²) < 4.78 is 16.0. The molecule has 2 aromatic rings. The van der Waals surface area contributed by atoms with Gasteiger partial charge in [0, 0.05) is 31.8 Å². The molecule has 9 heteroatoms. The average molecular weight is 444 g/mol. The predicted molar refractivity (Wildman–Crippen MR) is 121 cm³/mol. The molecule has 0 spiro atoms. The first-order chi connectivity index (χ1) is 15.4. The van der Waals surface area contributed by atoms with E-state index in [1.807, 2.05) is 0 Å². The number of carbonyl (C=O) groups excluding carboxylic acids is 1. The number of carbonyl (C=O) groups is 1. The number of hydrogen-bond acceptors (Lipinski definition) is 7. The SMILES string of the molecule is COc1cc(CNC(=O)c2cc([N+](=O)[O-])ccc2N2CCC(C)CC2)cc(OC)c1OC. The number of rotatable bonds is 8. The van der Waals surface area contributed by atoms with E-state index in [4.69, 9.17) is 14.2 Å². The van der Waals surface area contributed by atoms with Crippen LogP contribution in [0.25, 0.3) is 0 Å². The van der Waals surface area contributed by atoms with Crippen LogP contribution in [0.15, 0.2) is 30.3 Å². The zero-order valence-corrected chi connectivity index (χ0v) is 18.8. The van der Waals surface area contributed by atoms with Crippen molar-refractivity contribution in [1.29, 1.82) is 0 Å². The molecule has 0 radical (unpaired) electrons. The van der Waals surface area contributed by atoms with Crippen LogP contribution >= 0.6 is 0 Å². The molecule has 3 rings (SSSR count). The van der Waals surface area contributed by atoms with Gasteiger partial charge >= 0.3 is 0 Å².